The van der Waals surface area contributed by atoms with Crippen LogP contribution < -0.4 is 0 Å². The Bertz CT molecular complexity index is 346. The minimum atomic E-state index is 0.924. The maximum absolute atomic E-state index is 3.96. The molecule has 0 heteroatoms. The monoisotopic (exact) mass is 230 g/mol. The van der Waals surface area contributed by atoms with Gasteiger partial charge in [-0.15, -0.1) is 0 Å². The van der Waals surface area contributed by atoms with Crippen molar-refractivity contribution in [3.05, 3.63) is 72.4 Å². The second kappa shape index (κ2) is 10.9. The standard InChI is InChI=1S/C15H20.C2H6/c1-7-12(3)9-10-14(5)15(6)11-13(4)8-2;1-2/h7-11H,2,5-6H2,1,3-4H3;1-2H3/b10-9-,12-7-,13-11-;. The first-order valence-electron chi connectivity index (χ1n) is 6.01. The lowest BCUT2D eigenvalue weighted by atomic mass is 10.1. The van der Waals surface area contributed by atoms with Crippen LogP contribution in [0.15, 0.2) is 72.4 Å². The van der Waals surface area contributed by atoms with E-state index >= 15 is 0 Å². The number of hydrogen-bond acceptors (Lipinski definition) is 0. The van der Waals surface area contributed by atoms with Crippen LogP contribution in [0.2, 0.25) is 0 Å². The Morgan fingerprint density at radius 1 is 0.882 bits per heavy atom. The van der Waals surface area contributed by atoms with E-state index in [0.717, 1.165) is 16.7 Å². The first-order chi connectivity index (χ1) is 8.01. The molecule has 0 aliphatic carbocycles. The average Bonchev–Trinajstić information content (AvgIpc) is 2.37. The van der Waals surface area contributed by atoms with E-state index in [-0.39, 0.29) is 0 Å². The highest BCUT2D eigenvalue weighted by atomic mass is 14.0. The minimum absolute atomic E-state index is 0.924. The van der Waals surface area contributed by atoms with Gasteiger partial charge < -0.3 is 0 Å². The number of rotatable bonds is 5. The number of hydrogen-bond donors (Lipinski definition) is 0. The Kier molecular flexibility index (Phi) is 11.5. The minimum Gasteiger partial charge on any atom is -0.0988 e. The fourth-order valence-corrected chi connectivity index (χ4v) is 0.862. The zero-order valence-corrected chi connectivity index (χ0v) is 12.0. The van der Waals surface area contributed by atoms with Gasteiger partial charge in [-0.2, -0.15) is 0 Å². The molecule has 0 nitrogen and oxygen atoms in total. The van der Waals surface area contributed by atoms with E-state index in [4.69, 9.17) is 0 Å². The molecule has 0 N–H and O–H groups in total. The zero-order chi connectivity index (χ0) is 13.8. The lowest BCUT2D eigenvalue weighted by Gasteiger charge is -2.00. The molecule has 0 unspecified atom stereocenters. The smallest absolute Gasteiger partial charge is 0.0259 e. The first-order valence-corrected chi connectivity index (χ1v) is 6.01. The van der Waals surface area contributed by atoms with Crippen molar-refractivity contribution in [1.29, 1.82) is 0 Å². The van der Waals surface area contributed by atoms with E-state index in [1.54, 1.807) is 6.08 Å². The van der Waals surface area contributed by atoms with E-state index < -0.39 is 0 Å². The van der Waals surface area contributed by atoms with Gasteiger partial charge in [0.05, 0.1) is 0 Å². The van der Waals surface area contributed by atoms with Gasteiger partial charge in [-0.1, -0.05) is 75.1 Å². The lowest BCUT2D eigenvalue weighted by Crippen LogP contribution is -1.80. The van der Waals surface area contributed by atoms with Crippen molar-refractivity contribution >= 4 is 0 Å². The summed E-state index contributed by atoms with van der Waals surface area (Å²) in [6, 6.07) is 0. The SMILES string of the molecule is C=C/C(C)=C\C(=C)C(=C)/C=C\C(C)=C/C.CC. The molecule has 0 atom stereocenters. The number of allylic oxidation sites excluding steroid dienone is 9. The zero-order valence-electron chi connectivity index (χ0n) is 12.0. The molecule has 0 amide bonds. The fraction of sp³-hybridized carbons (Fsp3) is 0.294. The van der Waals surface area contributed by atoms with Gasteiger partial charge in [0.15, 0.2) is 0 Å². The maximum atomic E-state index is 3.96. The van der Waals surface area contributed by atoms with Crippen LogP contribution in [0.5, 0.6) is 0 Å². The third-order valence-electron chi connectivity index (χ3n) is 2.14. The fourth-order valence-electron chi connectivity index (χ4n) is 0.862. The van der Waals surface area contributed by atoms with E-state index in [2.05, 4.69) is 32.7 Å². The molecule has 0 spiro atoms. The third-order valence-corrected chi connectivity index (χ3v) is 2.14. The Morgan fingerprint density at radius 3 is 1.82 bits per heavy atom. The lowest BCUT2D eigenvalue weighted by molar-refractivity contribution is 1.45. The van der Waals surface area contributed by atoms with Gasteiger partial charge in [-0.25, -0.2) is 0 Å². The van der Waals surface area contributed by atoms with E-state index in [1.165, 1.54) is 5.57 Å². The molecule has 0 aromatic rings. The van der Waals surface area contributed by atoms with Crippen LogP contribution in [0, 0.1) is 0 Å². The Labute approximate surface area is 107 Å². The predicted octanol–water partition coefficient (Wildman–Crippen LogP) is 5.78. The molecule has 0 rings (SSSR count). The van der Waals surface area contributed by atoms with E-state index in [9.17, 15) is 0 Å². The Hall–Kier alpha value is -1.56. The quantitative estimate of drug-likeness (QED) is 0.525. The summed E-state index contributed by atoms with van der Waals surface area (Å²) in [6.07, 6.45) is 9.84. The molecule has 94 valence electrons. The van der Waals surface area contributed by atoms with Crippen LogP contribution in [0.1, 0.15) is 34.6 Å². The molecule has 0 saturated heterocycles. The molecule has 0 aromatic carbocycles. The van der Waals surface area contributed by atoms with Crippen molar-refractivity contribution < 1.29 is 0 Å². The molecule has 0 bridgehead atoms. The summed E-state index contributed by atoms with van der Waals surface area (Å²) in [5.74, 6) is 0. The van der Waals surface area contributed by atoms with Crippen molar-refractivity contribution in [2.24, 2.45) is 0 Å². The summed E-state index contributed by atoms with van der Waals surface area (Å²) in [5, 5.41) is 0. The summed E-state index contributed by atoms with van der Waals surface area (Å²) in [5.41, 5.74) is 4.16. The largest absolute Gasteiger partial charge is 0.0988 e. The molecule has 0 fully saturated rings. The summed E-state index contributed by atoms with van der Waals surface area (Å²) in [4.78, 5) is 0. The Balaban J connectivity index is 0. The van der Waals surface area contributed by atoms with Crippen LogP contribution in [0.3, 0.4) is 0 Å². The topological polar surface area (TPSA) is 0 Å². The predicted molar refractivity (Wildman–Crippen MR) is 82.2 cm³/mol. The molecule has 0 aliphatic rings. The molecule has 0 heterocycles. The van der Waals surface area contributed by atoms with Crippen molar-refractivity contribution in [2.45, 2.75) is 34.6 Å². The van der Waals surface area contributed by atoms with Gasteiger partial charge in [0.2, 0.25) is 0 Å². The molecule has 0 aromatic heterocycles. The molecule has 0 saturated carbocycles. The third kappa shape index (κ3) is 9.37. The van der Waals surface area contributed by atoms with Gasteiger partial charge in [-0.3, -0.25) is 0 Å². The van der Waals surface area contributed by atoms with Crippen LogP contribution in [0.25, 0.3) is 0 Å². The summed E-state index contributed by atoms with van der Waals surface area (Å²) < 4.78 is 0. The van der Waals surface area contributed by atoms with Crippen LogP contribution in [-0.4, -0.2) is 0 Å². The molecular formula is C17H26. The first kappa shape index (κ1) is 17.8. The summed E-state index contributed by atoms with van der Waals surface area (Å²) in [7, 11) is 0. The van der Waals surface area contributed by atoms with Crippen LogP contribution in [0.4, 0.5) is 0 Å². The van der Waals surface area contributed by atoms with Gasteiger partial charge in [0.1, 0.15) is 0 Å². The summed E-state index contributed by atoms with van der Waals surface area (Å²) in [6.45, 7) is 21.7. The van der Waals surface area contributed by atoms with E-state index in [0.29, 0.717) is 0 Å². The molecular weight excluding hydrogens is 204 g/mol. The van der Waals surface area contributed by atoms with Crippen molar-refractivity contribution in [1.82, 2.24) is 0 Å². The molecule has 0 radical (unpaired) electrons. The molecule has 0 aliphatic heterocycles. The maximum Gasteiger partial charge on any atom is -0.0259 e. The van der Waals surface area contributed by atoms with Gasteiger partial charge in [-0.05, 0) is 31.9 Å². The van der Waals surface area contributed by atoms with Crippen LogP contribution >= 0.6 is 0 Å². The Morgan fingerprint density at radius 2 is 1.41 bits per heavy atom. The van der Waals surface area contributed by atoms with Crippen molar-refractivity contribution in [2.75, 3.05) is 0 Å². The van der Waals surface area contributed by atoms with Crippen molar-refractivity contribution in [3.63, 3.8) is 0 Å². The highest BCUT2D eigenvalue weighted by Crippen LogP contribution is 2.12. The highest BCUT2D eigenvalue weighted by Gasteiger charge is 1.92. The average molecular weight is 230 g/mol. The van der Waals surface area contributed by atoms with Gasteiger partial charge >= 0.3 is 0 Å². The summed E-state index contributed by atoms with van der Waals surface area (Å²) >= 11 is 0. The van der Waals surface area contributed by atoms with Crippen LogP contribution in [-0.2, 0) is 0 Å². The second-order valence-corrected chi connectivity index (χ2v) is 3.51. The molecule has 17 heavy (non-hydrogen) atoms. The van der Waals surface area contributed by atoms with E-state index in [1.807, 2.05) is 45.9 Å². The second-order valence-electron chi connectivity index (χ2n) is 3.51. The van der Waals surface area contributed by atoms with Gasteiger partial charge in [0, 0.05) is 0 Å². The normalized spacial score (nSPS) is 11.8. The highest BCUT2D eigenvalue weighted by molar-refractivity contribution is 5.46. The van der Waals surface area contributed by atoms with Crippen molar-refractivity contribution in [3.8, 4) is 0 Å². The van der Waals surface area contributed by atoms with Gasteiger partial charge in [0.25, 0.3) is 0 Å².